The molecule has 1 N–H and O–H groups in total. The second-order valence-corrected chi connectivity index (χ2v) is 3.59. The lowest BCUT2D eigenvalue weighted by Gasteiger charge is -2.13. The van der Waals surface area contributed by atoms with Crippen LogP contribution in [0.15, 0.2) is 16.8 Å². The SMILES string of the molecule is c1cc(CN2CCCN2)cs1. The Hall–Kier alpha value is -0.380. The van der Waals surface area contributed by atoms with Crippen LogP contribution in [0.2, 0.25) is 0 Å². The molecule has 3 heteroatoms. The first kappa shape index (κ1) is 7.28. The van der Waals surface area contributed by atoms with E-state index in [9.17, 15) is 0 Å². The summed E-state index contributed by atoms with van der Waals surface area (Å²) in [6, 6.07) is 2.19. The molecular weight excluding hydrogens is 156 g/mol. The summed E-state index contributed by atoms with van der Waals surface area (Å²) in [5, 5.41) is 6.62. The third-order valence-corrected chi connectivity index (χ3v) is 2.63. The van der Waals surface area contributed by atoms with E-state index >= 15 is 0 Å². The number of thiophene rings is 1. The maximum absolute atomic E-state index is 3.33. The third-order valence-electron chi connectivity index (χ3n) is 1.89. The minimum atomic E-state index is 1.06. The first-order chi connectivity index (χ1) is 5.45. The summed E-state index contributed by atoms with van der Waals surface area (Å²) in [7, 11) is 0. The van der Waals surface area contributed by atoms with Crippen molar-refractivity contribution in [3.63, 3.8) is 0 Å². The maximum atomic E-state index is 3.33. The van der Waals surface area contributed by atoms with Crippen LogP contribution in [0, 0.1) is 0 Å². The molecule has 0 amide bonds. The Labute approximate surface area is 70.8 Å². The Bertz CT molecular complexity index is 202. The highest BCUT2D eigenvalue weighted by Gasteiger charge is 2.10. The highest BCUT2D eigenvalue weighted by molar-refractivity contribution is 7.07. The molecule has 1 aromatic rings. The summed E-state index contributed by atoms with van der Waals surface area (Å²) in [4.78, 5) is 0. The highest BCUT2D eigenvalue weighted by atomic mass is 32.1. The molecule has 1 aliphatic heterocycles. The topological polar surface area (TPSA) is 15.3 Å². The van der Waals surface area contributed by atoms with Crippen LogP contribution in [-0.4, -0.2) is 18.1 Å². The van der Waals surface area contributed by atoms with Crippen molar-refractivity contribution in [1.29, 1.82) is 0 Å². The van der Waals surface area contributed by atoms with Gasteiger partial charge in [0.25, 0.3) is 0 Å². The van der Waals surface area contributed by atoms with Gasteiger partial charge in [0.15, 0.2) is 0 Å². The Morgan fingerprint density at radius 3 is 3.27 bits per heavy atom. The summed E-state index contributed by atoms with van der Waals surface area (Å²) in [5.41, 5.74) is 4.75. The van der Waals surface area contributed by atoms with E-state index in [1.165, 1.54) is 18.5 Å². The molecular formula is C8H12N2S. The van der Waals surface area contributed by atoms with E-state index in [2.05, 4.69) is 27.3 Å². The van der Waals surface area contributed by atoms with Crippen molar-refractivity contribution in [2.24, 2.45) is 0 Å². The molecule has 1 fully saturated rings. The molecule has 0 aliphatic carbocycles. The third kappa shape index (κ3) is 1.80. The van der Waals surface area contributed by atoms with Crippen molar-refractivity contribution in [3.05, 3.63) is 22.4 Å². The van der Waals surface area contributed by atoms with Gasteiger partial charge in [0.2, 0.25) is 0 Å². The first-order valence-corrected chi connectivity index (χ1v) is 4.89. The average Bonchev–Trinajstić information content (AvgIpc) is 2.60. The Morgan fingerprint density at radius 1 is 1.64 bits per heavy atom. The molecule has 1 aliphatic rings. The van der Waals surface area contributed by atoms with Gasteiger partial charge >= 0.3 is 0 Å². The van der Waals surface area contributed by atoms with E-state index in [4.69, 9.17) is 0 Å². The van der Waals surface area contributed by atoms with Gasteiger partial charge in [0, 0.05) is 19.6 Å². The molecule has 0 saturated carbocycles. The highest BCUT2D eigenvalue weighted by Crippen LogP contribution is 2.09. The van der Waals surface area contributed by atoms with Crippen LogP contribution in [0.5, 0.6) is 0 Å². The Morgan fingerprint density at radius 2 is 2.64 bits per heavy atom. The predicted molar refractivity (Wildman–Crippen MR) is 47.3 cm³/mol. The molecule has 0 spiro atoms. The van der Waals surface area contributed by atoms with Gasteiger partial charge in [-0.05, 0) is 28.8 Å². The van der Waals surface area contributed by atoms with Crippen molar-refractivity contribution in [1.82, 2.24) is 10.4 Å². The number of hydrazine groups is 1. The molecule has 0 atom stereocenters. The summed E-state index contributed by atoms with van der Waals surface area (Å²) in [5.74, 6) is 0. The fraction of sp³-hybridized carbons (Fsp3) is 0.500. The van der Waals surface area contributed by atoms with Gasteiger partial charge in [0.05, 0.1) is 0 Å². The summed E-state index contributed by atoms with van der Waals surface area (Å²) in [6.45, 7) is 3.39. The summed E-state index contributed by atoms with van der Waals surface area (Å²) < 4.78 is 0. The van der Waals surface area contributed by atoms with Crippen LogP contribution in [-0.2, 0) is 6.54 Å². The molecule has 0 unspecified atom stereocenters. The Balaban J connectivity index is 1.90. The lowest BCUT2D eigenvalue weighted by atomic mass is 10.3. The van der Waals surface area contributed by atoms with E-state index in [1.807, 2.05) is 0 Å². The average molecular weight is 168 g/mol. The van der Waals surface area contributed by atoms with Crippen molar-refractivity contribution >= 4 is 11.3 Å². The molecule has 2 heterocycles. The molecule has 0 radical (unpaired) electrons. The van der Waals surface area contributed by atoms with Gasteiger partial charge < -0.3 is 0 Å². The zero-order valence-corrected chi connectivity index (χ0v) is 7.23. The van der Waals surface area contributed by atoms with Crippen LogP contribution in [0.4, 0.5) is 0 Å². The number of rotatable bonds is 2. The van der Waals surface area contributed by atoms with E-state index in [1.54, 1.807) is 11.3 Å². The number of nitrogens with one attached hydrogen (secondary N) is 1. The number of hydrogen-bond donors (Lipinski definition) is 1. The molecule has 60 valence electrons. The van der Waals surface area contributed by atoms with Crippen molar-refractivity contribution in [3.8, 4) is 0 Å². The lowest BCUT2D eigenvalue weighted by Crippen LogP contribution is -2.29. The van der Waals surface area contributed by atoms with Gasteiger partial charge in [-0.2, -0.15) is 11.3 Å². The molecule has 0 bridgehead atoms. The van der Waals surface area contributed by atoms with Gasteiger partial charge in [-0.1, -0.05) is 0 Å². The van der Waals surface area contributed by atoms with Gasteiger partial charge in [-0.3, -0.25) is 5.43 Å². The van der Waals surface area contributed by atoms with E-state index in [0.717, 1.165) is 13.1 Å². The van der Waals surface area contributed by atoms with E-state index < -0.39 is 0 Å². The number of hydrogen-bond acceptors (Lipinski definition) is 3. The molecule has 2 nitrogen and oxygen atoms in total. The fourth-order valence-electron chi connectivity index (χ4n) is 1.32. The molecule has 0 aromatic carbocycles. The fourth-order valence-corrected chi connectivity index (χ4v) is 1.98. The monoisotopic (exact) mass is 168 g/mol. The minimum absolute atomic E-state index is 1.06. The first-order valence-electron chi connectivity index (χ1n) is 3.95. The summed E-state index contributed by atoms with van der Waals surface area (Å²) >= 11 is 1.77. The zero-order valence-electron chi connectivity index (χ0n) is 6.42. The van der Waals surface area contributed by atoms with Gasteiger partial charge in [-0.25, -0.2) is 5.01 Å². The maximum Gasteiger partial charge on any atom is 0.0390 e. The van der Waals surface area contributed by atoms with Crippen LogP contribution >= 0.6 is 11.3 Å². The minimum Gasteiger partial charge on any atom is -0.255 e. The van der Waals surface area contributed by atoms with Crippen molar-refractivity contribution < 1.29 is 0 Å². The molecule has 11 heavy (non-hydrogen) atoms. The van der Waals surface area contributed by atoms with Crippen LogP contribution in [0.3, 0.4) is 0 Å². The van der Waals surface area contributed by atoms with Crippen LogP contribution < -0.4 is 5.43 Å². The lowest BCUT2D eigenvalue weighted by molar-refractivity contribution is 0.245. The quantitative estimate of drug-likeness (QED) is 0.719. The van der Waals surface area contributed by atoms with E-state index in [0.29, 0.717) is 0 Å². The summed E-state index contributed by atoms with van der Waals surface area (Å²) in [6.07, 6.45) is 1.28. The molecule has 2 rings (SSSR count). The second kappa shape index (κ2) is 3.34. The largest absolute Gasteiger partial charge is 0.255 e. The van der Waals surface area contributed by atoms with Gasteiger partial charge in [0.1, 0.15) is 0 Å². The van der Waals surface area contributed by atoms with E-state index in [-0.39, 0.29) is 0 Å². The zero-order chi connectivity index (χ0) is 7.52. The van der Waals surface area contributed by atoms with Crippen molar-refractivity contribution in [2.75, 3.05) is 13.1 Å². The van der Waals surface area contributed by atoms with Gasteiger partial charge in [-0.15, -0.1) is 0 Å². The normalized spacial score (nSPS) is 19.3. The molecule has 1 aromatic heterocycles. The van der Waals surface area contributed by atoms with Crippen molar-refractivity contribution in [2.45, 2.75) is 13.0 Å². The second-order valence-electron chi connectivity index (χ2n) is 2.81. The number of nitrogens with zero attached hydrogens (tertiary/aromatic N) is 1. The smallest absolute Gasteiger partial charge is 0.0390 e. The van der Waals surface area contributed by atoms with Crippen LogP contribution in [0.25, 0.3) is 0 Å². The Kier molecular flexibility index (Phi) is 2.21. The van der Waals surface area contributed by atoms with Crippen LogP contribution in [0.1, 0.15) is 12.0 Å². The molecule has 1 saturated heterocycles. The predicted octanol–water partition coefficient (Wildman–Crippen LogP) is 1.46. The standard InChI is InChI=1S/C8H12N2S/c1-3-9-10(4-1)6-8-2-5-11-7-8/h2,5,7,9H,1,3-4,6H2.